The summed E-state index contributed by atoms with van der Waals surface area (Å²) in [6, 6.07) is 0. The van der Waals surface area contributed by atoms with Crippen LogP contribution in [0.3, 0.4) is 0 Å². The quantitative estimate of drug-likeness (QED) is 0.764. The maximum Gasteiger partial charge on any atom is 0.183 e. The molecule has 0 radical (unpaired) electrons. The highest BCUT2D eigenvalue weighted by atomic mass is 16.3. The van der Waals surface area contributed by atoms with Crippen LogP contribution < -0.4 is 4.90 Å². The molecule has 1 fully saturated rings. The monoisotopic (exact) mass is 231 g/mol. The molecule has 1 aliphatic rings. The lowest BCUT2D eigenvalue weighted by atomic mass is 10.1. The fourth-order valence-electron chi connectivity index (χ4n) is 2.16. The molecule has 1 aliphatic heterocycles. The highest BCUT2D eigenvalue weighted by molar-refractivity contribution is 5.82. The van der Waals surface area contributed by atoms with E-state index in [-0.39, 0.29) is 6.10 Å². The van der Waals surface area contributed by atoms with E-state index in [2.05, 4.69) is 19.9 Å². The van der Waals surface area contributed by atoms with E-state index in [9.17, 15) is 5.11 Å². The van der Waals surface area contributed by atoms with E-state index >= 15 is 0 Å². The number of aliphatic hydroxyl groups is 1. The molecule has 6 nitrogen and oxygen atoms in total. The normalized spacial score (nSPS) is 20.8. The number of rotatable bonds is 1. The van der Waals surface area contributed by atoms with Crippen LogP contribution in [0.4, 0.5) is 5.82 Å². The third-order valence-corrected chi connectivity index (χ3v) is 2.95. The van der Waals surface area contributed by atoms with Gasteiger partial charge >= 0.3 is 0 Å². The zero-order chi connectivity index (χ0) is 11.7. The van der Waals surface area contributed by atoms with Crippen LogP contribution >= 0.6 is 0 Å². The minimum Gasteiger partial charge on any atom is -0.391 e. The third kappa shape index (κ3) is 1.91. The number of aromatic nitrogens is 4. The highest BCUT2D eigenvalue weighted by Crippen LogP contribution is 2.22. The Labute approximate surface area is 98.4 Å². The maximum absolute atomic E-state index is 9.69. The van der Waals surface area contributed by atoms with Crippen molar-refractivity contribution in [1.82, 2.24) is 19.9 Å². The number of fused-ring (bicyclic) bond motifs is 1. The molecule has 0 spiro atoms. The summed E-state index contributed by atoms with van der Waals surface area (Å²) in [5.74, 6) is 0.766. The summed E-state index contributed by atoms with van der Waals surface area (Å²) in [7, 11) is 0. The van der Waals surface area contributed by atoms with Crippen molar-refractivity contribution in [2.24, 2.45) is 0 Å². The van der Waals surface area contributed by atoms with E-state index in [0.29, 0.717) is 17.7 Å². The first-order valence-electron chi connectivity index (χ1n) is 5.69. The molecule has 1 atom stereocenters. The van der Waals surface area contributed by atoms with Crippen LogP contribution in [0.25, 0.3) is 11.2 Å². The number of piperidine rings is 1. The molecular formula is C11H13N5O. The van der Waals surface area contributed by atoms with Crippen LogP contribution in [-0.4, -0.2) is 44.2 Å². The molecule has 2 aromatic rings. The second kappa shape index (κ2) is 4.21. The summed E-state index contributed by atoms with van der Waals surface area (Å²) in [4.78, 5) is 18.8. The summed E-state index contributed by atoms with van der Waals surface area (Å²) < 4.78 is 0. The Morgan fingerprint density at radius 1 is 1.18 bits per heavy atom. The smallest absolute Gasteiger partial charge is 0.183 e. The summed E-state index contributed by atoms with van der Waals surface area (Å²) in [5.41, 5.74) is 1.29. The number of hydrogen-bond donors (Lipinski definition) is 1. The summed E-state index contributed by atoms with van der Waals surface area (Å²) in [5, 5.41) is 9.69. The molecule has 1 N–H and O–H groups in total. The molecule has 3 rings (SSSR count). The van der Waals surface area contributed by atoms with Gasteiger partial charge in [0.15, 0.2) is 17.0 Å². The Bertz CT molecular complexity index is 527. The number of anilines is 1. The Morgan fingerprint density at radius 2 is 2.06 bits per heavy atom. The van der Waals surface area contributed by atoms with Crippen LogP contribution in [0.5, 0.6) is 0 Å². The van der Waals surface area contributed by atoms with Crippen LogP contribution in [0, 0.1) is 0 Å². The van der Waals surface area contributed by atoms with Gasteiger partial charge in [0.2, 0.25) is 0 Å². The Morgan fingerprint density at radius 3 is 2.94 bits per heavy atom. The molecule has 1 unspecified atom stereocenters. The van der Waals surface area contributed by atoms with Gasteiger partial charge in [0.05, 0.1) is 6.10 Å². The number of hydrogen-bond acceptors (Lipinski definition) is 6. The molecule has 0 amide bonds. The van der Waals surface area contributed by atoms with Gasteiger partial charge in [-0.25, -0.2) is 19.9 Å². The van der Waals surface area contributed by atoms with Crippen LogP contribution in [0.15, 0.2) is 18.7 Å². The SMILES string of the molecule is OC1CCCN(c2ncnc3nccnc23)C1. The molecular weight excluding hydrogens is 218 g/mol. The van der Waals surface area contributed by atoms with Gasteiger partial charge in [-0.15, -0.1) is 0 Å². The van der Waals surface area contributed by atoms with Crippen molar-refractivity contribution in [2.45, 2.75) is 18.9 Å². The van der Waals surface area contributed by atoms with Gasteiger partial charge in [0.25, 0.3) is 0 Å². The van der Waals surface area contributed by atoms with E-state index in [4.69, 9.17) is 0 Å². The summed E-state index contributed by atoms with van der Waals surface area (Å²) >= 11 is 0. The predicted molar refractivity (Wildman–Crippen MR) is 62.6 cm³/mol. The Kier molecular flexibility index (Phi) is 2.56. The van der Waals surface area contributed by atoms with E-state index in [0.717, 1.165) is 25.2 Å². The molecule has 1 saturated heterocycles. The van der Waals surface area contributed by atoms with Gasteiger partial charge < -0.3 is 10.0 Å². The molecule has 6 heteroatoms. The lowest BCUT2D eigenvalue weighted by Gasteiger charge is -2.31. The minimum atomic E-state index is -0.287. The summed E-state index contributed by atoms with van der Waals surface area (Å²) in [6.07, 6.45) is 6.27. The molecule has 88 valence electrons. The first-order chi connectivity index (χ1) is 8.34. The van der Waals surface area contributed by atoms with Crippen molar-refractivity contribution in [3.63, 3.8) is 0 Å². The fraction of sp³-hybridized carbons (Fsp3) is 0.455. The van der Waals surface area contributed by atoms with Gasteiger partial charge in [-0.05, 0) is 12.8 Å². The number of aliphatic hydroxyl groups excluding tert-OH is 1. The molecule has 0 aromatic carbocycles. The van der Waals surface area contributed by atoms with E-state index in [1.165, 1.54) is 6.33 Å². The van der Waals surface area contributed by atoms with Crippen LogP contribution in [0.2, 0.25) is 0 Å². The molecule has 0 bridgehead atoms. The van der Waals surface area contributed by atoms with Crippen molar-refractivity contribution in [2.75, 3.05) is 18.0 Å². The number of β-amino-alcohol motifs (C(OH)–C–C–N with tert-alkyl or cyclic N) is 1. The molecule has 0 saturated carbocycles. The van der Waals surface area contributed by atoms with Crippen molar-refractivity contribution in [1.29, 1.82) is 0 Å². The third-order valence-electron chi connectivity index (χ3n) is 2.95. The fourth-order valence-corrected chi connectivity index (χ4v) is 2.16. The van der Waals surface area contributed by atoms with Crippen LogP contribution in [0.1, 0.15) is 12.8 Å². The minimum absolute atomic E-state index is 0.287. The van der Waals surface area contributed by atoms with Gasteiger partial charge in [0.1, 0.15) is 6.33 Å². The van der Waals surface area contributed by atoms with E-state index in [1.54, 1.807) is 12.4 Å². The first kappa shape index (κ1) is 10.3. The Balaban J connectivity index is 2.04. The van der Waals surface area contributed by atoms with E-state index < -0.39 is 0 Å². The topological polar surface area (TPSA) is 75.0 Å². The first-order valence-corrected chi connectivity index (χ1v) is 5.69. The second-order valence-electron chi connectivity index (χ2n) is 4.17. The zero-order valence-corrected chi connectivity index (χ0v) is 9.32. The standard InChI is InChI=1S/C11H13N5O/c17-8-2-1-5-16(6-8)11-9-10(14-7-15-11)13-4-3-12-9/h3-4,7-8,17H,1-2,5-6H2. The number of nitrogens with zero attached hydrogens (tertiary/aromatic N) is 5. The van der Waals surface area contributed by atoms with Crippen molar-refractivity contribution in [3.05, 3.63) is 18.7 Å². The molecule has 17 heavy (non-hydrogen) atoms. The van der Waals surface area contributed by atoms with Gasteiger partial charge in [-0.2, -0.15) is 0 Å². The highest BCUT2D eigenvalue weighted by Gasteiger charge is 2.21. The largest absolute Gasteiger partial charge is 0.391 e. The van der Waals surface area contributed by atoms with Gasteiger partial charge in [0, 0.05) is 25.5 Å². The Hall–Kier alpha value is -1.82. The second-order valence-corrected chi connectivity index (χ2v) is 4.17. The maximum atomic E-state index is 9.69. The lowest BCUT2D eigenvalue weighted by Crippen LogP contribution is -2.38. The van der Waals surface area contributed by atoms with Crippen LogP contribution in [-0.2, 0) is 0 Å². The molecule has 3 heterocycles. The average Bonchev–Trinajstić information content (AvgIpc) is 2.38. The predicted octanol–water partition coefficient (Wildman–Crippen LogP) is 0.381. The van der Waals surface area contributed by atoms with Gasteiger partial charge in [-0.3, -0.25) is 0 Å². The zero-order valence-electron chi connectivity index (χ0n) is 9.32. The molecule has 0 aliphatic carbocycles. The van der Waals surface area contributed by atoms with Crippen molar-refractivity contribution < 1.29 is 5.11 Å². The van der Waals surface area contributed by atoms with Gasteiger partial charge in [-0.1, -0.05) is 0 Å². The van der Waals surface area contributed by atoms with E-state index in [1.807, 2.05) is 4.90 Å². The average molecular weight is 231 g/mol. The molecule has 2 aromatic heterocycles. The van der Waals surface area contributed by atoms with Crippen molar-refractivity contribution in [3.8, 4) is 0 Å². The van der Waals surface area contributed by atoms with Crippen molar-refractivity contribution >= 4 is 17.0 Å². The lowest BCUT2D eigenvalue weighted by molar-refractivity contribution is 0.154. The summed E-state index contributed by atoms with van der Waals surface area (Å²) in [6.45, 7) is 1.49.